The molecule has 0 radical (unpaired) electrons. The second kappa shape index (κ2) is 9.26. The van der Waals surface area contributed by atoms with Crippen LogP contribution in [0.3, 0.4) is 0 Å². The van der Waals surface area contributed by atoms with Crippen molar-refractivity contribution in [1.29, 1.82) is 0 Å². The first-order valence-electron chi connectivity index (χ1n) is 9.13. The standard InChI is InChI=1S/C21H23ClN4OS/c1-4-5-20(15-10-18(28-3)12-23-11-15)25-21(27)19-13-24-26(14(19)2)17-8-6-16(22)7-9-17/h6-13,20H,4-5H2,1-3H3,(H,25,27). The molecule has 1 aromatic carbocycles. The Bertz CT molecular complexity index is 955. The zero-order chi connectivity index (χ0) is 20.1. The normalized spacial score (nSPS) is 12.0. The minimum Gasteiger partial charge on any atom is -0.345 e. The van der Waals surface area contributed by atoms with Crippen molar-refractivity contribution in [3.63, 3.8) is 0 Å². The lowest BCUT2D eigenvalue weighted by atomic mass is 10.0. The lowest BCUT2D eigenvalue weighted by Gasteiger charge is -2.19. The number of nitrogens with one attached hydrogen (secondary N) is 1. The van der Waals surface area contributed by atoms with Gasteiger partial charge in [0, 0.05) is 22.3 Å². The van der Waals surface area contributed by atoms with Crippen molar-refractivity contribution in [1.82, 2.24) is 20.1 Å². The third-order valence-corrected chi connectivity index (χ3v) is 5.53. The fourth-order valence-corrected chi connectivity index (χ4v) is 3.61. The van der Waals surface area contributed by atoms with Gasteiger partial charge in [-0.15, -0.1) is 11.8 Å². The van der Waals surface area contributed by atoms with Crippen LogP contribution in [0.15, 0.2) is 53.8 Å². The molecule has 0 saturated carbocycles. The van der Waals surface area contributed by atoms with Gasteiger partial charge in [0.2, 0.25) is 0 Å². The van der Waals surface area contributed by atoms with Gasteiger partial charge in [0.05, 0.1) is 29.2 Å². The summed E-state index contributed by atoms with van der Waals surface area (Å²) >= 11 is 7.60. The zero-order valence-corrected chi connectivity index (χ0v) is 17.7. The number of benzene rings is 1. The molecule has 0 aliphatic rings. The van der Waals surface area contributed by atoms with Gasteiger partial charge < -0.3 is 5.32 Å². The van der Waals surface area contributed by atoms with E-state index in [2.05, 4.69) is 28.4 Å². The summed E-state index contributed by atoms with van der Waals surface area (Å²) in [7, 11) is 0. The molecule has 0 aliphatic heterocycles. The fraction of sp³-hybridized carbons (Fsp3) is 0.286. The summed E-state index contributed by atoms with van der Waals surface area (Å²) in [4.78, 5) is 18.4. The van der Waals surface area contributed by atoms with Crippen molar-refractivity contribution in [2.24, 2.45) is 0 Å². The van der Waals surface area contributed by atoms with Gasteiger partial charge >= 0.3 is 0 Å². The Labute approximate surface area is 174 Å². The van der Waals surface area contributed by atoms with Gasteiger partial charge in [-0.2, -0.15) is 5.10 Å². The van der Waals surface area contributed by atoms with E-state index in [0.29, 0.717) is 10.6 Å². The summed E-state index contributed by atoms with van der Waals surface area (Å²) in [6.45, 7) is 4.00. The van der Waals surface area contributed by atoms with E-state index in [0.717, 1.165) is 34.7 Å². The predicted octanol–water partition coefficient (Wildman–Crippen LogP) is 5.22. The summed E-state index contributed by atoms with van der Waals surface area (Å²) in [5, 5.41) is 8.20. The second-order valence-corrected chi connectivity index (χ2v) is 7.82. The largest absolute Gasteiger partial charge is 0.345 e. The van der Waals surface area contributed by atoms with E-state index < -0.39 is 0 Å². The number of amides is 1. The summed E-state index contributed by atoms with van der Waals surface area (Å²) in [6, 6.07) is 9.37. The maximum Gasteiger partial charge on any atom is 0.255 e. The van der Waals surface area contributed by atoms with Gasteiger partial charge in [-0.25, -0.2) is 4.68 Å². The Morgan fingerprint density at radius 1 is 1.25 bits per heavy atom. The third-order valence-electron chi connectivity index (χ3n) is 4.58. The van der Waals surface area contributed by atoms with Gasteiger partial charge in [-0.3, -0.25) is 9.78 Å². The number of nitrogens with zero attached hydrogens (tertiary/aromatic N) is 3. The smallest absolute Gasteiger partial charge is 0.255 e. The van der Waals surface area contributed by atoms with Crippen LogP contribution in [-0.4, -0.2) is 26.9 Å². The van der Waals surface area contributed by atoms with E-state index in [1.165, 1.54) is 0 Å². The van der Waals surface area contributed by atoms with E-state index in [-0.39, 0.29) is 11.9 Å². The number of carbonyl (C=O) groups excluding carboxylic acids is 1. The molecule has 2 aromatic heterocycles. The minimum absolute atomic E-state index is 0.0876. The molecule has 5 nitrogen and oxygen atoms in total. The van der Waals surface area contributed by atoms with Crippen LogP contribution in [0, 0.1) is 6.92 Å². The van der Waals surface area contributed by atoms with Gasteiger partial charge in [0.15, 0.2) is 0 Å². The first-order valence-corrected chi connectivity index (χ1v) is 10.7. The van der Waals surface area contributed by atoms with E-state index in [9.17, 15) is 4.79 Å². The zero-order valence-electron chi connectivity index (χ0n) is 16.1. The lowest BCUT2D eigenvalue weighted by molar-refractivity contribution is 0.0933. The van der Waals surface area contributed by atoms with E-state index in [4.69, 9.17) is 11.6 Å². The highest BCUT2D eigenvalue weighted by Crippen LogP contribution is 2.24. The molecule has 1 atom stereocenters. The Kier molecular flexibility index (Phi) is 6.75. The molecule has 2 heterocycles. The van der Waals surface area contributed by atoms with E-state index in [1.807, 2.05) is 37.7 Å². The number of aromatic nitrogens is 3. The highest BCUT2D eigenvalue weighted by molar-refractivity contribution is 7.98. The molecule has 0 spiro atoms. The number of hydrogen-bond acceptors (Lipinski definition) is 4. The molecule has 0 aliphatic carbocycles. The number of thioether (sulfide) groups is 1. The summed E-state index contributed by atoms with van der Waals surface area (Å²) in [6.07, 6.45) is 9.08. The molecule has 146 valence electrons. The number of pyridine rings is 1. The molecule has 3 rings (SSSR count). The SMILES string of the molecule is CCCC(NC(=O)c1cnn(-c2ccc(Cl)cc2)c1C)c1cncc(SC)c1. The maximum absolute atomic E-state index is 13.0. The van der Waals surface area contributed by atoms with Gasteiger partial charge in [-0.05, 0) is 55.5 Å². The first-order chi connectivity index (χ1) is 13.5. The minimum atomic E-state index is -0.134. The quantitative estimate of drug-likeness (QED) is 0.538. The highest BCUT2D eigenvalue weighted by Gasteiger charge is 2.20. The molecular formula is C21H23ClN4OS. The molecule has 28 heavy (non-hydrogen) atoms. The van der Waals surface area contributed by atoms with Gasteiger partial charge in [0.25, 0.3) is 5.91 Å². The van der Waals surface area contributed by atoms with Crippen molar-refractivity contribution >= 4 is 29.3 Å². The number of carbonyl (C=O) groups is 1. The maximum atomic E-state index is 13.0. The Morgan fingerprint density at radius 2 is 2.00 bits per heavy atom. The van der Waals surface area contributed by atoms with Crippen LogP contribution >= 0.6 is 23.4 Å². The van der Waals surface area contributed by atoms with Crippen molar-refractivity contribution in [3.8, 4) is 5.69 Å². The van der Waals surface area contributed by atoms with Crippen molar-refractivity contribution in [3.05, 3.63) is 70.8 Å². The van der Waals surface area contributed by atoms with Gasteiger partial charge in [-0.1, -0.05) is 24.9 Å². The molecule has 1 unspecified atom stereocenters. The third kappa shape index (κ3) is 4.56. The Balaban J connectivity index is 1.83. The summed E-state index contributed by atoms with van der Waals surface area (Å²) in [5.74, 6) is -0.134. The first kappa shape index (κ1) is 20.4. The molecule has 0 saturated heterocycles. The molecule has 3 aromatic rings. The summed E-state index contributed by atoms with van der Waals surface area (Å²) in [5.41, 5.74) is 3.23. The van der Waals surface area contributed by atoms with Crippen LogP contribution in [0.1, 0.15) is 47.4 Å². The molecule has 0 bridgehead atoms. The fourth-order valence-electron chi connectivity index (χ4n) is 3.06. The van der Waals surface area contributed by atoms with Crippen molar-refractivity contribution in [2.45, 2.75) is 37.6 Å². The van der Waals surface area contributed by atoms with Crippen LogP contribution < -0.4 is 5.32 Å². The molecular weight excluding hydrogens is 392 g/mol. The van der Waals surface area contributed by atoms with Gasteiger partial charge in [0.1, 0.15) is 0 Å². The van der Waals surface area contributed by atoms with Crippen molar-refractivity contribution in [2.75, 3.05) is 6.26 Å². The number of hydrogen-bond donors (Lipinski definition) is 1. The van der Waals surface area contributed by atoms with Crippen LogP contribution in [0.25, 0.3) is 5.69 Å². The highest BCUT2D eigenvalue weighted by atomic mass is 35.5. The Hall–Kier alpha value is -2.31. The monoisotopic (exact) mass is 414 g/mol. The van der Waals surface area contributed by atoms with E-state index >= 15 is 0 Å². The van der Waals surface area contributed by atoms with E-state index in [1.54, 1.807) is 34.8 Å². The van der Waals surface area contributed by atoms with Crippen LogP contribution in [0.4, 0.5) is 0 Å². The van der Waals surface area contributed by atoms with Crippen LogP contribution in [-0.2, 0) is 0 Å². The topological polar surface area (TPSA) is 59.8 Å². The second-order valence-electron chi connectivity index (χ2n) is 6.50. The molecule has 1 N–H and O–H groups in total. The average molecular weight is 415 g/mol. The van der Waals surface area contributed by atoms with Crippen LogP contribution in [0.5, 0.6) is 0 Å². The van der Waals surface area contributed by atoms with Crippen molar-refractivity contribution < 1.29 is 4.79 Å². The van der Waals surface area contributed by atoms with Crippen LogP contribution in [0.2, 0.25) is 5.02 Å². The number of halogens is 1. The number of rotatable bonds is 7. The molecule has 1 amide bonds. The molecule has 7 heteroatoms. The predicted molar refractivity (Wildman–Crippen MR) is 114 cm³/mol. The average Bonchev–Trinajstić information content (AvgIpc) is 3.09. The summed E-state index contributed by atoms with van der Waals surface area (Å²) < 4.78 is 1.75. The molecule has 0 fully saturated rings. The lowest BCUT2D eigenvalue weighted by Crippen LogP contribution is -2.29. The Morgan fingerprint density at radius 3 is 2.68 bits per heavy atom.